The summed E-state index contributed by atoms with van der Waals surface area (Å²) in [6.07, 6.45) is 0. The van der Waals surface area contributed by atoms with E-state index in [1.165, 1.54) is 76.6 Å². The van der Waals surface area contributed by atoms with Crippen LogP contribution in [0.1, 0.15) is 26.3 Å². The molecular weight excluding hydrogens is 667 g/mol. The van der Waals surface area contributed by atoms with Gasteiger partial charge >= 0.3 is 0 Å². The molecule has 0 aliphatic carbocycles. The van der Waals surface area contributed by atoms with E-state index >= 15 is 0 Å². The Labute approximate surface area is 321 Å². The van der Waals surface area contributed by atoms with E-state index in [2.05, 4.69) is 191 Å². The summed E-state index contributed by atoms with van der Waals surface area (Å²) in [4.78, 5) is 0. The lowest BCUT2D eigenvalue weighted by Crippen LogP contribution is -2.57. The molecule has 0 aromatic heterocycles. The van der Waals surface area contributed by atoms with Crippen molar-refractivity contribution in [3.8, 4) is 56.4 Å². The number of rotatable bonds is 3. The van der Waals surface area contributed by atoms with Gasteiger partial charge in [0.2, 0.25) is 0 Å². The Hall–Kier alpha value is -6.58. The summed E-state index contributed by atoms with van der Waals surface area (Å²) in [5, 5.41) is 7.30. The van der Waals surface area contributed by atoms with E-state index in [1.807, 2.05) is 0 Å². The summed E-state index contributed by atoms with van der Waals surface area (Å²) in [6, 6.07) is 61.6. The minimum absolute atomic E-state index is 0.0111. The summed E-state index contributed by atoms with van der Waals surface area (Å²) in [7, 11) is 0. The maximum Gasteiger partial charge on any atom is 0.260 e. The summed E-state index contributed by atoms with van der Waals surface area (Å²) < 4.78 is 13.7. The molecule has 9 aromatic carbocycles. The highest BCUT2D eigenvalue weighted by Crippen LogP contribution is 2.48. The monoisotopic (exact) mass is 704 g/mol. The number of para-hydroxylation sites is 1. The lowest BCUT2D eigenvalue weighted by molar-refractivity contribution is 0.464. The van der Waals surface area contributed by atoms with Gasteiger partial charge in [-0.25, -0.2) is 0 Å². The highest BCUT2D eigenvalue weighted by molar-refractivity contribution is 6.98. The van der Waals surface area contributed by atoms with Crippen LogP contribution in [0.5, 0.6) is 23.0 Å². The molecule has 260 valence electrons. The van der Waals surface area contributed by atoms with E-state index in [0.29, 0.717) is 0 Å². The number of hydrogen-bond acceptors (Lipinski definition) is 2. The third kappa shape index (κ3) is 4.89. The average molecular weight is 705 g/mol. The molecule has 0 spiro atoms. The minimum Gasteiger partial charge on any atom is -0.458 e. The lowest BCUT2D eigenvalue weighted by Gasteiger charge is -2.34. The molecule has 0 unspecified atom stereocenters. The predicted molar refractivity (Wildman–Crippen MR) is 232 cm³/mol. The Balaban J connectivity index is 1.16. The van der Waals surface area contributed by atoms with Crippen LogP contribution in [0.3, 0.4) is 0 Å². The average Bonchev–Trinajstić information content (AvgIpc) is 3.22. The molecule has 0 amide bonds. The van der Waals surface area contributed by atoms with Crippen LogP contribution >= 0.6 is 0 Å². The quantitative estimate of drug-likeness (QED) is 0.135. The maximum absolute atomic E-state index is 6.90. The molecule has 0 saturated carbocycles. The smallest absolute Gasteiger partial charge is 0.260 e. The van der Waals surface area contributed by atoms with Crippen LogP contribution in [0.2, 0.25) is 0 Å². The van der Waals surface area contributed by atoms with Crippen LogP contribution in [0.15, 0.2) is 170 Å². The van der Waals surface area contributed by atoms with Gasteiger partial charge in [0.15, 0.2) is 0 Å². The van der Waals surface area contributed by atoms with Gasteiger partial charge < -0.3 is 9.47 Å². The first-order valence-corrected chi connectivity index (χ1v) is 19.2. The van der Waals surface area contributed by atoms with E-state index in [-0.39, 0.29) is 12.1 Å². The Morgan fingerprint density at radius 2 is 0.891 bits per heavy atom. The second kappa shape index (κ2) is 12.0. The summed E-state index contributed by atoms with van der Waals surface area (Å²) in [5.41, 5.74) is 11.9. The van der Waals surface area contributed by atoms with Crippen molar-refractivity contribution in [1.82, 2.24) is 0 Å². The van der Waals surface area contributed by atoms with Gasteiger partial charge in [0.05, 0.1) is 0 Å². The van der Waals surface area contributed by atoms with Crippen LogP contribution in [-0.2, 0) is 5.41 Å². The van der Waals surface area contributed by atoms with Crippen molar-refractivity contribution in [3.63, 3.8) is 0 Å². The van der Waals surface area contributed by atoms with E-state index in [0.717, 1.165) is 34.0 Å². The van der Waals surface area contributed by atoms with Crippen molar-refractivity contribution in [1.29, 1.82) is 0 Å². The van der Waals surface area contributed by atoms with Crippen LogP contribution in [0, 0.1) is 0 Å². The Morgan fingerprint density at radius 1 is 0.382 bits per heavy atom. The van der Waals surface area contributed by atoms with E-state index in [4.69, 9.17) is 9.47 Å². The Morgan fingerprint density at radius 3 is 1.53 bits per heavy atom. The number of hydrogen-bond donors (Lipinski definition) is 0. The van der Waals surface area contributed by atoms with E-state index in [1.54, 1.807) is 0 Å². The molecule has 3 heteroatoms. The molecular formula is C52H37BO2. The Bertz CT molecular complexity index is 2950. The van der Waals surface area contributed by atoms with Gasteiger partial charge in [0, 0.05) is 5.46 Å². The Kier molecular flexibility index (Phi) is 6.94. The molecule has 55 heavy (non-hydrogen) atoms. The molecule has 2 aliphatic rings. The predicted octanol–water partition coefficient (Wildman–Crippen LogP) is 12.2. The first-order chi connectivity index (χ1) is 26.9. The van der Waals surface area contributed by atoms with Crippen molar-refractivity contribution < 1.29 is 9.47 Å². The largest absolute Gasteiger partial charge is 0.458 e. The zero-order chi connectivity index (χ0) is 36.8. The first kappa shape index (κ1) is 31.9. The molecule has 2 heterocycles. The van der Waals surface area contributed by atoms with Crippen LogP contribution in [0.25, 0.3) is 65.7 Å². The van der Waals surface area contributed by atoms with Gasteiger partial charge in [0.1, 0.15) is 23.0 Å². The number of benzene rings is 9. The zero-order valence-electron chi connectivity index (χ0n) is 31.1. The van der Waals surface area contributed by atoms with Crippen LogP contribution < -0.4 is 25.9 Å². The third-order valence-electron chi connectivity index (χ3n) is 11.7. The van der Waals surface area contributed by atoms with E-state index in [9.17, 15) is 0 Å². The maximum atomic E-state index is 6.90. The standard InChI is InChI=1S/C52H37BO2/c1-52(2,3)34-25-28-46-44(31-34)53-43-23-13-14-24-45(43)54-47-29-33(30-48(55-46)51(47)53)49-38-19-9-11-21-40(38)50(41-22-12-10-20-39(41)49)42-27-26-35(32-15-5-4-6-16-32)36-17-7-8-18-37(36)42/h4-31H,1-3H3. The minimum atomic E-state index is 0.0111. The lowest BCUT2D eigenvalue weighted by atomic mass is 9.34. The molecule has 11 rings (SSSR count). The first-order valence-electron chi connectivity index (χ1n) is 19.2. The van der Waals surface area contributed by atoms with Crippen molar-refractivity contribution >= 4 is 55.4 Å². The molecule has 9 aromatic rings. The molecule has 0 bridgehead atoms. The summed E-state index contributed by atoms with van der Waals surface area (Å²) >= 11 is 0. The van der Waals surface area contributed by atoms with Crippen molar-refractivity contribution in [2.45, 2.75) is 26.2 Å². The number of fused-ring (bicyclic) bond motifs is 7. The highest BCUT2D eigenvalue weighted by Gasteiger charge is 2.41. The van der Waals surface area contributed by atoms with E-state index < -0.39 is 0 Å². The second-order valence-electron chi connectivity index (χ2n) is 16.0. The van der Waals surface area contributed by atoms with Gasteiger partial charge in [-0.3, -0.25) is 0 Å². The van der Waals surface area contributed by atoms with Crippen molar-refractivity contribution in [3.05, 3.63) is 175 Å². The highest BCUT2D eigenvalue weighted by atomic mass is 16.5. The topological polar surface area (TPSA) is 18.5 Å². The molecule has 2 aliphatic heterocycles. The van der Waals surface area contributed by atoms with Gasteiger partial charge in [-0.05, 0) is 112 Å². The van der Waals surface area contributed by atoms with Gasteiger partial charge in [-0.1, -0.05) is 166 Å². The fraction of sp³-hybridized carbons (Fsp3) is 0.0769. The normalized spacial score (nSPS) is 12.9. The molecule has 0 atom stereocenters. The molecule has 0 fully saturated rings. The molecule has 2 nitrogen and oxygen atoms in total. The molecule has 0 saturated heterocycles. The van der Waals surface area contributed by atoms with Gasteiger partial charge in [-0.2, -0.15) is 0 Å². The van der Waals surface area contributed by atoms with Crippen LogP contribution in [0.4, 0.5) is 0 Å². The van der Waals surface area contributed by atoms with Gasteiger partial charge in [-0.15, -0.1) is 0 Å². The molecule has 0 radical (unpaired) electrons. The zero-order valence-corrected chi connectivity index (χ0v) is 31.1. The van der Waals surface area contributed by atoms with Crippen molar-refractivity contribution in [2.24, 2.45) is 0 Å². The van der Waals surface area contributed by atoms with Crippen LogP contribution in [-0.4, -0.2) is 6.71 Å². The SMILES string of the molecule is CC(C)(C)c1ccc2c(c1)B1c3ccccc3Oc3cc(-c4c5ccccc5c(-c5ccc(-c6ccccc6)c6ccccc56)c5ccccc45)cc(c31)O2. The van der Waals surface area contributed by atoms with Gasteiger partial charge in [0.25, 0.3) is 6.71 Å². The van der Waals surface area contributed by atoms with Crippen molar-refractivity contribution in [2.75, 3.05) is 0 Å². The fourth-order valence-electron chi connectivity index (χ4n) is 9.18. The third-order valence-corrected chi connectivity index (χ3v) is 11.7. The molecule has 0 N–H and O–H groups in total. The second-order valence-corrected chi connectivity index (χ2v) is 16.0. The summed E-state index contributed by atoms with van der Waals surface area (Å²) in [6.45, 7) is 6.82. The number of ether oxygens (including phenoxy) is 2. The summed E-state index contributed by atoms with van der Waals surface area (Å²) in [5.74, 6) is 3.50. The fourth-order valence-corrected chi connectivity index (χ4v) is 9.18.